The average molecular weight is 201 g/mol. The number of urea groups is 1. The molecule has 0 bridgehead atoms. The highest BCUT2D eigenvalue weighted by atomic mass is 32.2. The van der Waals surface area contributed by atoms with E-state index < -0.39 is 5.97 Å². The number of carbonyl (C=O) groups is 2. The molecule has 5 nitrogen and oxygen atoms in total. The third-order valence-corrected chi connectivity index (χ3v) is 1.95. The fourth-order valence-corrected chi connectivity index (χ4v) is 1.29. The Morgan fingerprint density at radius 1 is 1.54 bits per heavy atom. The normalized spacial score (nSPS) is 14.6. The summed E-state index contributed by atoms with van der Waals surface area (Å²) in [6.45, 7) is 0.150. The topological polar surface area (TPSA) is 69.6 Å². The molecule has 0 aromatic rings. The zero-order valence-electron chi connectivity index (χ0n) is 6.77. The van der Waals surface area contributed by atoms with E-state index in [0.717, 1.165) is 0 Å². The van der Waals surface area contributed by atoms with Gasteiger partial charge in [0.1, 0.15) is 5.88 Å². The van der Waals surface area contributed by atoms with E-state index in [9.17, 15) is 9.59 Å². The van der Waals surface area contributed by atoms with Crippen LogP contribution in [-0.2, 0) is 4.79 Å². The monoisotopic (exact) mass is 201 g/mol. The lowest BCUT2D eigenvalue weighted by atomic mass is 10.4. The second-order valence-electron chi connectivity index (χ2n) is 2.31. The molecular formula is C7H9N2O3S. The molecule has 0 aliphatic carbocycles. The van der Waals surface area contributed by atoms with Gasteiger partial charge in [-0.05, 0) is 5.41 Å². The fraction of sp³-hybridized carbons (Fsp3) is 0.286. The van der Waals surface area contributed by atoms with Gasteiger partial charge in [-0.3, -0.25) is 9.69 Å². The zero-order chi connectivity index (χ0) is 9.68. The molecule has 0 aromatic carbocycles. The van der Waals surface area contributed by atoms with Crippen LogP contribution in [0.1, 0.15) is 6.42 Å². The van der Waals surface area contributed by atoms with Crippen molar-refractivity contribution in [2.75, 3.05) is 6.54 Å². The summed E-state index contributed by atoms with van der Waals surface area (Å²) in [5.74, 6) is 0.714. The van der Waals surface area contributed by atoms with Gasteiger partial charge in [-0.25, -0.2) is 4.79 Å². The van der Waals surface area contributed by atoms with Gasteiger partial charge in [-0.15, -0.1) is 11.8 Å². The van der Waals surface area contributed by atoms with Gasteiger partial charge in [0.25, 0.3) is 0 Å². The maximum atomic E-state index is 11.2. The number of amides is 2. The Bertz CT molecular complexity index is 242. The standard InChI is InChI=1S/C7H9N2O3S/c10-6(11)1-2-8-7(12)9-3-4-13-5-9/h3-5H,1-2H2,(H,8,12)(H,10,11). The number of rotatable bonds is 3. The first-order valence-electron chi connectivity index (χ1n) is 3.63. The molecular weight excluding hydrogens is 192 g/mol. The molecule has 0 saturated carbocycles. The largest absolute Gasteiger partial charge is 0.481 e. The van der Waals surface area contributed by atoms with E-state index in [1.807, 2.05) is 0 Å². The molecule has 6 heteroatoms. The Morgan fingerprint density at radius 3 is 2.85 bits per heavy atom. The summed E-state index contributed by atoms with van der Waals surface area (Å²) in [6, 6.07) is -0.303. The SMILES string of the molecule is O=C(O)CCNC(=O)N1[CH]SC=C1. The number of nitrogens with one attached hydrogen (secondary N) is 1. The van der Waals surface area contributed by atoms with Crippen LogP contribution in [0.5, 0.6) is 0 Å². The summed E-state index contributed by atoms with van der Waals surface area (Å²) in [7, 11) is 0. The molecule has 71 valence electrons. The molecule has 0 aromatic heterocycles. The van der Waals surface area contributed by atoms with E-state index in [2.05, 4.69) is 5.32 Å². The van der Waals surface area contributed by atoms with Crippen LogP contribution in [0.3, 0.4) is 0 Å². The van der Waals surface area contributed by atoms with Crippen molar-refractivity contribution in [2.45, 2.75) is 6.42 Å². The summed E-state index contributed by atoms with van der Waals surface area (Å²) in [5.41, 5.74) is 0. The third kappa shape index (κ3) is 3.37. The molecule has 1 rings (SSSR count). The Kier molecular flexibility index (Phi) is 3.63. The van der Waals surface area contributed by atoms with Gasteiger partial charge in [-0.1, -0.05) is 0 Å². The smallest absolute Gasteiger partial charge is 0.322 e. The summed E-state index contributed by atoms with van der Waals surface area (Å²) in [6.07, 6.45) is 1.55. The quantitative estimate of drug-likeness (QED) is 0.709. The lowest BCUT2D eigenvalue weighted by Gasteiger charge is -2.12. The summed E-state index contributed by atoms with van der Waals surface area (Å²) in [5, 5.41) is 12.5. The van der Waals surface area contributed by atoms with Crippen LogP contribution in [0.25, 0.3) is 0 Å². The summed E-state index contributed by atoms with van der Waals surface area (Å²) in [4.78, 5) is 22.6. The molecule has 1 heterocycles. The van der Waals surface area contributed by atoms with E-state index in [4.69, 9.17) is 5.11 Å². The zero-order valence-corrected chi connectivity index (χ0v) is 7.58. The fourth-order valence-electron chi connectivity index (χ4n) is 0.720. The van der Waals surface area contributed by atoms with Gasteiger partial charge < -0.3 is 10.4 Å². The van der Waals surface area contributed by atoms with Crippen LogP contribution in [0.4, 0.5) is 4.79 Å². The average Bonchev–Trinajstić information content (AvgIpc) is 2.55. The number of nitrogens with zero attached hydrogens (tertiary/aromatic N) is 1. The second kappa shape index (κ2) is 4.76. The van der Waals surface area contributed by atoms with E-state index in [1.54, 1.807) is 17.5 Å². The van der Waals surface area contributed by atoms with Crippen molar-refractivity contribution >= 4 is 23.8 Å². The van der Waals surface area contributed by atoms with Gasteiger partial charge >= 0.3 is 12.0 Å². The Morgan fingerprint density at radius 2 is 2.31 bits per heavy atom. The van der Waals surface area contributed by atoms with Gasteiger partial charge in [0.2, 0.25) is 0 Å². The first-order valence-corrected chi connectivity index (χ1v) is 4.58. The van der Waals surface area contributed by atoms with Crippen molar-refractivity contribution in [3.05, 3.63) is 17.5 Å². The van der Waals surface area contributed by atoms with Crippen LogP contribution in [0.15, 0.2) is 11.6 Å². The molecule has 13 heavy (non-hydrogen) atoms. The number of thioether (sulfide) groups is 1. The minimum Gasteiger partial charge on any atom is -0.481 e. The highest BCUT2D eigenvalue weighted by Gasteiger charge is 2.13. The molecule has 2 N–H and O–H groups in total. The Hall–Kier alpha value is -1.17. The Balaban J connectivity index is 2.17. The highest BCUT2D eigenvalue weighted by Crippen LogP contribution is 2.19. The van der Waals surface area contributed by atoms with Gasteiger partial charge in [0, 0.05) is 12.7 Å². The van der Waals surface area contributed by atoms with Crippen LogP contribution < -0.4 is 5.32 Å². The predicted octanol–water partition coefficient (Wildman–Crippen LogP) is 0.810. The highest BCUT2D eigenvalue weighted by molar-refractivity contribution is 8.04. The van der Waals surface area contributed by atoms with E-state index in [-0.39, 0.29) is 19.0 Å². The lowest BCUT2D eigenvalue weighted by Crippen LogP contribution is -2.34. The lowest BCUT2D eigenvalue weighted by molar-refractivity contribution is -0.136. The first kappa shape index (κ1) is 9.91. The van der Waals surface area contributed by atoms with E-state index in [1.165, 1.54) is 16.7 Å². The summed E-state index contributed by atoms with van der Waals surface area (Å²) < 4.78 is 0. The van der Waals surface area contributed by atoms with Crippen LogP contribution in [0.2, 0.25) is 0 Å². The molecule has 0 unspecified atom stereocenters. The third-order valence-electron chi connectivity index (χ3n) is 1.32. The minimum atomic E-state index is -0.921. The maximum Gasteiger partial charge on any atom is 0.322 e. The number of hydrogen-bond acceptors (Lipinski definition) is 3. The number of hydrogen-bond donors (Lipinski definition) is 2. The molecule has 0 spiro atoms. The predicted molar refractivity (Wildman–Crippen MR) is 48.5 cm³/mol. The van der Waals surface area contributed by atoms with Crippen molar-refractivity contribution in [3.8, 4) is 0 Å². The van der Waals surface area contributed by atoms with Crippen LogP contribution in [-0.4, -0.2) is 28.6 Å². The first-order chi connectivity index (χ1) is 6.20. The number of carboxylic acids is 1. The van der Waals surface area contributed by atoms with Gasteiger partial charge in [0.15, 0.2) is 0 Å². The molecule has 0 fully saturated rings. The van der Waals surface area contributed by atoms with Gasteiger partial charge in [0.05, 0.1) is 6.42 Å². The molecule has 2 amide bonds. The van der Waals surface area contributed by atoms with Crippen molar-refractivity contribution in [1.82, 2.24) is 10.2 Å². The minimum absolute atomic E-state index is 0.0591. The van der Waals surface area contributed by atoms with Gasteiger partial charge in [-0.2, -0.15) is 0 Å². The van der Waals surface area contributed by atoms with E-state index >= 15 is 0 Å². The molecule has 1 aliphatic heterocycles. The van der Waals surface area contributed by atoms with Crippen LogP contribution >= 0.6 is 11.8 Å². The number of carboxylic acid groups (broad SMARTS) is 1. The van der Waals surface area contributed by atoms with Crippen molar-refractivity contribution < 1.29 is 14.7 Å². The van der Waals surface area contributed by atoms with E-state index in [0.29, 0.717) is 0 Å². The number of carbonyl (C=O) groups excluding carboxylic acids is 1. The maximum absolute atomic E-state index is 11.2. The van der Waals surface area contributed by atoms with Crippen molar-refractivity contribution in [1.29, 1.82) is 0 Å². The van der Waals surface area contributed by atoms with Crippen LogP contribution in [0, 0.1) is 5.88 Å². The second-order valence-corrected chi connectivity index (χ2v) is 3.06. The molecule has 1 aliphatic rings. The van der Waals surface area contributed by atoms with Crippen molar-refractivity contribution in [3.63, 3.8) is 0 Å². The molecule has 0 atom stereocenters. The molecule has 0 saturated heterocycles. The number of aliphatic carboxylic acids is 1. The molecule has 1 radical (unpaired) electrons. The van der Waals surface area contributed by atoms with Crippen molar-refractivity contribution in [2.24, 2.45) is 0 Å². The summed E-state index contributed by atoms with van der Waals surface area (Å²) >= 11 is 1.39. The Labute approximate surface area is 79.8 Å².